The maximum atomic E-state index is 12.4. The first kappa shape index (κ1) is 17.3. The number of aryl methyl sites for hydroxylation is 1. The number of benzene rings is 1. The summed E-state index contributed by atoms with van der Waals surface area (Å²) in [5.41, 5.74) is 1.44. The summed E-state index contributed by atoms with van der Waals surface area (Å²) >= 11 is 0. The highest BCUT2D eigenvalue weighted by atomic mass is 16.5. The molecular formula is C18H18N4O4. The second-order valence-electron chi connectivity index (χ2n) is 5.70. The average molecular weight is 354 g/mol. The summed E-state index contributed by atoms with van der Waals surface area (Å²) in [6, 6.07) is 9.75. The molecule has 1 aromatic heterocycles. The summed E-state index contributed by atoms with van der Waals surface area (Å²) in [5, 5.41) is 5.13. The number of anilines is 1. The van der Waals surface area contributed by atoms with E-state index in [0.29, 0.717) is 11.4 Å². The Hall–Kier alpha value is -3.55. The van der Waals surface area contributed by atoms with Crippen LogP contribution in [0.4, 0.5) is 10.5 Å². The third-order valence-corrected chi connectivity index (χ3v) is 3.91. The molecule has 0 bridgehead atoms. The highest BCUT2D eigenvalue weighted by Crippen LogP contribution is 2.16. The van der Waals surface area contributed by atoms with Crippen molar-refractivity contribution in [3.05, 3.63) is 54.0 Å². The Morgan fingerprint density at radius 3 is 2.58 bits per heavy atom. The molecule has 0 saturated carbocycles. The van der Waals surface area contributed by atoms with E-state index in [0.717, 1.165) is 10.6 Å². The molecule has 0 unspecified atom stereocenters. The zero-order valence-corrected chi connectivity index (χ0v) is 14.4. The van der Waals surface area contributed by atoms with E-state index in [2.05, 4.69) is 10.6 Å². The predicted molar refractivity (Wildman–Crippen MR) is 95.3 cm³/mol. The summed E-state index contributed by atoms with van der Waals surface area (Å²) in [5.74, 6) is -0.354. The molecule has 0 spiro atoms. The van der Waals surface area contributed by atoms with Crippen LogP contribution in [0.15, 0.2) is 48.3 Å². The number of carbonyl (C=O) groups is 3. The number of ether oxygens (including phenoxy) is 1. The number of hydrogen-bond donors (Lipinski definition) is 2. The van der Waals surface area contributed by atoms with Crippen LogP contribution in [-0.4, -0.2) is 41.0 Å². The summed E-state index contributed by atoms with van der Waals surface area (Å²) in [6.07, 6.45) is 3.40. The fourth-order valence-electron chi connectivity index (χ4n) is 2.51. The van der Waals surface area contributed by atoms with E-state index in [-0.39, 0.29) is 12.2 Å². The van der Waals surface area contributed by atoms with Crippen LogP contribution in [0.5, 0.6) is 5.75 Å². The van der Waals surface area contributed by atoms with Crippen molar-refractivity contribution in [2.24, 2.45) is 7.05 Å². The van der Waals surface area contributed by atoms with Crippen molar-refractivity contribution in [1.82, 2.24) is 14.8 Å². The normalized spacial score (nSPS) is 15.3. The van der Waals surface area contributed by atoms with Gasteiger partial charge in [0.25, 0.3) is 5.91 Å². The number of amides is 4. The van der Waals surface area contributed by atoms with Crippen LogP contribution >= 0.6 is 0 Å². The van der Waals surface area contributed by atoms with Gasteiger partial charge in [-0.3, -0.25) is 9.59 Å². The van der Waals surface area contributed by atoms with E-state index < -0.39 is 17.8 Å². The van der Waals surface area contributed by atoms with Crippen LogP contribution in [0, 0.1) is 0 Å². The van der Waals surface area contributed by atoms with Gasteiger partial charge in [0.05, 0.1) is 7.11 Å². The molecule has 0 radical (unpaired) electrons. The quantitative estimate of drug-likeness (QED) is 0.630. The van der Waals surface area contributed by atoms with E-state index in [1.807, 2.05) is 29.9 Å². The Morgan fingerprint density at radius 1 is 1.23 bits per heavy atom. The third-order valence-electron chi connectivity index (χ3n) is 3.91. The molecule has 134 valence electrons. The van der Waals surface area contributed by atoms with Gasteiger partial charge in [-0.1, -0.05) is 0 Å². The van der Waals surface area contributed by atoms with Gasteiger partial charge >= 0.3 is 6.03 Å². The Bertz CT molecular complexity index is 883. The maximum Gasteiger partial charge on any atom is 0.329 e. The zero-order valence-electron chi connectivity index (χ0n) is 14.4. The number of nitrogens with zero attached hydrogens (tertiary/aromatic N) is 2. The summed E-state index contributed by atoms with van der Waals surface area (Å²) < 4.78 is 6.86. The van der Waals surface area contributed by atoms with Crippen LogP contribution in [-0.2, 0) is 16.6 Å². The Labute approximate surface area is 150 Å². The SMILES string of the molecule is COc1ccc(NC(=O)CN2C(=O)N/C(=C\c3cccn3C)C2=O)cc1. The fraction of sp³-hybridized carbons (Fsp3) is 0.167. The van der Waals surface area contributed by atoms with Gasteiger partial charge in [0.2, 0.25) is 5.91 Å². The lowest BCUT2D eigenvalue weighted by Crippen LogP contribution is -2.38. The Balaban J connectivity index is 1.66. The highest BCUT2D eigenvalue weighted by Gasteiger charge is 2.35. The van der Waals surface area contributed by atoms with Crippen molar-refractivity contribution >= 4 is 29.6 Å². The predicted octanol–water partition coefficient (Wildman–Crippen LogP) is 1.57. The second kappa shape index (κ2) is 7.14. The Kier molecular flexibility index (Phi) is 4.74. The molecule has 2 aromatic rings. The lowest BCUT2D eigenvalue weighted by Gasteiger charge is -2.12. The maximum absolute atomic E-state index is 12.4. The first-order valence-electron chi connectivity index (χ1n) is 7.87. The van der Waals surface area contributed by atoms with Crippen LogP contribution < -0.4 is 15.4 Å². The molecule has 1 aromatic carbocycles. The smallest absolute Gasteiger partial charge is 0.329 e. The van der Waals surface area contributed by atoms with Gasteiger partial charge in [-0.15, -0.1) is 0 Å². The summed E-state index contributed by atoms with van der Waals surface area (Å²) in [4.78, 5) is 37.4. The first-order chi connectivity index (χ1) is 12.5. The summed E-state index contributed by atoms with van der Waals surface area (Å²) in [7, 11) is 3.37. The molecule has 1 aliphatic heterocycles. The molecule has 26 heavy (non-hydrogen) atoms. The molecule has 1 saturated heterocycles. The van der Waals surface area contributed by atoms with Gasteiger partial charge in [0.1, 0.15) is 18.0 Å². The van der Waals surface area contributed by atoms with Crippen molar-refractivity contribution in [1.29, 1.82) is 0 Å². The minimum Gasteiger partial charge on any atom is -0.497 e. The number of carbonyl (C=O) groups excluding carboxylic acids is 3. The molecule has 0 aliphatic carbocycles. The van der Waals surface area contributed by atoms with Gasteiger partial charge in [-0.25, -0.2) is 9.69 Å². The van der Waals surface area contributed by atoms with Crippen LogP contribution in [0.25, 0.3) is 6.08 Å². The molecule has 8 heteroatoms. The largest absolute Gasteiger partial charge is 0.497 e. The van der Waals surface area contributed by atoms with Gasteiger partial charge in [0.15, 0.2) is 0 Å². The molecule has 8 nitrogen and oxygen atoms in total. The van der Waals surface area contributed by atoms with Crippen LogP contribution in [0.3, 0.4) is 0 Å². The number of aromatic nitrogens is 1. The Morgan fingerprint density at radius 2 is 1.96 bits per heavy atom. The van der Waals surface area contributed by atoms with Gasteiger partial charge < -0.3 is 19.9 Å². The lowest BCUT2D eigenvalue weighted by molar-refractivity contribution is -0.127. The number of methoxy groups -OCH3 is 1. The molecule has 3 rings (SSSR count). The van der Waals surface area contributed by atoms with Crippen LogP contribution in [0.1, 0.15) is 5.69 Å². The zero-order chi connectivity index (χ0) is 18.7. The third kappa shape index (κ3) is 3.59. The van der Waals surface area contributed by atoms with Gasteiger partial charge in [-0.05, 0) is 42.5 Å². The van der Waals surface area contributed by atoms with E-state index in [1.54, 1.807) is 37.5 Å². The second-order valence-corrected chi connectivity index (χ2v) is 5.70. The molecule has 1 fully saturated rings. The monoisotopic (exact) mass is 354 g/mol. The van der Waals surface area contributed by atoms with Crippen molar-refractivity contribution in [3.63, 3.8) is 0 Å². The van der Waals surface area contributed by atoms with Crippen molar-refractivity contribution < 1.29 is 19.1 Å². The van der Waals surface area contributed by atoms with E-state index in [1.165, 1.54) is 0 Å². The molecule has 2 N–H and O–H groups in total. The fourth-order valence-corrected chi connectivity index (χ4v) is 2.51. The number of nitrogens with one attached hydrogen (secondary N) is 2. The number of hydrogen-bond acceptors (Lipinski definition) is 4. The molecule has 2 heterocycles. The highest BCUT2D eigenvalue weighted by molar-refractivity contribution is 6.15. The van der Waals surface area contributed by atoms with Crippen molar-refractivity contribution in [2.45, 2.75) is 0 Å². The first-order valence-corrected chi connectivity index (χ1v) is 7.87. The molecule has 4 amide bonds. The standard InChI is InChI=1S/C18H18N4O4/c1-21-9-3-4-13(21)10-15-17(24)22(18(25)20-15)11-16(23)19-12-5-7-14(26-2)8-6-12/h3-10H,11H2,1-2H3,(H,19,23)(H,20,25)/b15-10-. The van der Waals surface area contributed by atoms with Crippen LogP contribution in [0.2, 0.25) is 0 Å². The number of rotatable bonds is 5. The van der Waals surface area contributed by atoms with E-state index >= 15 is 0 Å². The average Bonchev–Trinajstić information content (AvgIpc) is 3.14. The van der Waals surface area contributed by atoms with Gasteiger partial charge in [0, 0.05) is 24.6 Å². The van der Waals surface area contributed by atoms with E-state index in [4.69, 9.17) is 4.74 Å². The van der Waals surface area contributed by atoms with E-state index in [9.17, 15) is 14.4 Å². The van der Waals surface area contributed by atoms with Crippen molar-refractivity contribution in [3.8, 4) is 5.75 Å². The molecule has 1 aliphatic rings. The topological polar surface area (TPSA) is 92.7 Å². The minimum absolute atomic E-state index is 0.133. The van der Waals surface area contributed by atoms with Gasteiger partial charge in [-0.2, -0.15) is 0 Å². The minimum atomic E-state index is -0.625. The number of imide groups is 1. The number of urea groups is 1. The molecule has 0 atom stereocenters. The lowest BCUT2D eigenvalue weighted by atomic mass is 10.3. The summed E-state index contributed by atoms with van der Waals surface area (Å²) in [6.45, 7) is -0.374. The van der Waals surface area contributed by atoms with Crippen molar-refractivity contribution in [2.75, 3.05) is 19.0 Å². The molecular weight excluding hydrogens is 336 g/mol.